The van der Waals surface area contributed by atoms with Crippen molar-refractivity contribution < 1.29 is 25.2 Å². The quantitative estimate of drug-likeness (QED) is 0.103. The topological polar surface area (TPSA) is 44.3 Å². The SMILES string of the molecule is CC(C)(C)c1cc2c3ccc(Oc4[c-]c5c(cc4)c4ccccc4n5-c4ccccn4)[c-]c3c3nc4ccccc4n3c2cc1C(C)(C)C.[Pd+2]. The Bertz CT molecular complexity index is 2760. The van der Waals surface area contributed by atoms with E-state index in [0.29, 0.717) is 11.5 Å². The van der Waals surface area contributed by atoms with Gasteiger partial charge >= 0.3 is 20.4 Å². The molecule has 9 aromatic rings. The number of nitrogens with zero attached hydrogens (tertiary/aromatic N) is 4. The number of hydrogen-bond acceptors (Lipinski definition) is 3. The van der Waals surface area contributed by atoms with Gasteiger partial charge in [0.15, 0.2) is 0 Å². The van der Waals surface area contributed by atoms with Crippen LogP contribution < -0.4 is 4.74 Å². The molecule has 50 heavy (non-hydrogen) atoms. The van der Waals surface area contributed by atoms with Crippen LogP contribution in [0.25, 0.3) is 66.0 Å². The molecule has 0 N–H and O–H groups in total. The zero-order valence-electron chi connectivity index (χ0n) is 28.9. The summed E-state index contributed by atoms with van der Waals surface area (Å²) in [5.74, 6) is 2.06. The Morgan fingerprint density at radius 3 is 2.00 bits per heavy atom. The molecule has 0 saturated heterocycles. The average Bonchev–Trinajstić information content (AvgIpc) is 3.64. The van der Waals surface area contributed by atoms with E-state index in [4.69, 9.17) is 9.72 Å². The number of fused-ring (bicyclic) bond motifs is 11. The molecule has 4 aromatic heterocycles. The Kier molecular flexibility index (Phi) is 7.42. The van der Waals surface area contributed by atoms with E-state index in [1.54, 1.807) is 0 Å². The van der Waals surface area contributed by atoms with Crippen molar-refractivity contribution in [1.29, 1.82) is 0 Å². The molecule has 0 aliphatic carbocycles. The van der Waals surface area contributed by atoms with Gasteiger partial charge in [0, 0.05) is 28.7 Å². The fraction of sp³-hybridized carbons (Fsp3) is 0.182. The minimum Gasteiger partial charge on any atom is -0.503 e. The van der Waals surface area contributed by atoms with Crippen LogP contribution in [0.3, 0.4) is 0 Å². The third-order valence-corrected chi connectivity index (χ3v) is 9.64. The first-order chi connectivity index (χ1) is 23.6. The maximum absolute atomic E-state index is 6.58. The van der Waals surface area contributed by atoms with Gasteiger partial charge in [-0.2, -0.15) is 6.07 Å². The summed E-state index contributed by atoms with van der Waals surface area (Å²) in [6.07, 6.45) is 1.82. The van der Waals surface area contributed by atoms with Crippen LogP contribution in [-0.2, 0) is 31.3 Å². The summed E-state index contributed by atoms with van der Waals surface area (Å²) in [5.41, 5.74) is 8.68. The number of para-hydroxylation sites is 3. The molecule has 6 heteroatoms. The van der Waals surface area contributed by atoms with Crippen LogP contribution in [0.4, 0.5) is 0 Å². The number of aromatic nitrogens is 4. The van der Waals surface area contributed by atoms with Gasteiger partial charge in [0.2, 0.25) is 0 Å². The molecular weight excluding hydrogens is 707 g/mol. The second kappa shape index (κ2) is 11.5. The van der Waals surface area contributed by atoms with Crippen molar-refractivity contribution in [1.82, 2.24) is 18.9 Å². The molecule has 0 aliphatic rings. The average molecular weight is 743 g/mol. The molecule has 0 saturated carbocycles. The summed E-state index contributed by atoms with van der Waals surface area (Å²) in [5, 5.41) is 5.45. The monoisotopic (exact) mass is 742 g/mol. The number of imidazole rings is 1. The molecule has 9 rings (SSSR count). The standard InChI is InChI=1S/C44H36N4O.Pd/c1-43(2,3)34-25-32-29-20-18-27(23-33(29)42-46-36-14-8-10-16-38(36)48(42)40(32)26-35(34)44(4,5)6)49-28-19-21-31-30-13-7-9-15-37(30)47(39(31)24-28)41-17-11-12-22-45-41;/h7-22,25-26H,1-6H3;/q-2;+2. The van der Waals surface area contributed by atoms with E-state index in [9.17, 15) is 0 Å². The summed E-state index contributed by atoms with van der Waals surface area (Å²) in [6.45, 7) is 13.8. The molecule has 0 unspecified atom stereocenters. The van der Waals surface area contributed by atoms with E-state index < -0.39 is 0 Å². The summed E-state index contributed by atoms with van der Waals surface area (Å²) < 4.78 is 11.0. The van der Waals surface area contributed by atoms with E-state index in [0.717, 1.165) is 60.6 Å². The molecule has 248 valence electrons. The molecule has 0 fully saturated rings. The van der Waals surface area contributed by atoms with Crippen LogP contribution in [0.15, 0.2) is 109 Å². The van der Waals surface area contributed by atoms with Gasteiger partial charge in [0.1, 0.15) is 5.82 Å². The molecule has 0 amide bonds. The zero-order valence-corrected chi connectivity index (χ0v) is 30.5. The molecule has 0 spiro atoms. The van der Waals surface area contributed by atoms with E-state index in [1.807, 2.05) is 42.6 Å². The number of rotatable bonds is 3. The molecule has 5 nitrogen and oxygen atoms in total. The maximum atomic E-state index is 6.58. The van der Waals surface area contributed by atoms with Crippen molar-refractivity contribution in [2.75, 3.05) is 0 Å². The zero-order chi connectivity index (χ0) is 33.7. The number of hydrogen-bond donors (Lipinski definition) is 0. The maximum Gasteiger partial charge on any atom is 2.00 e. The molecule has 0 aliphatic heterocycles. The molecule has 4 heterocycles. The minimum absolute atomic E-state index is 0. The Labute approximate surface area is 305 Å². The molecule has 5 aromatic carbocycles. The number of pyridine rings is 2. The van der Waals surface area contributed by atoms with Gasteiger partial charge in [-0.3, -0.25) is 4.98 Å². The van der Waals surface area contributed by atoms with E-state index in [-0.39, 0.29) is 31.3 Å². The Morgan fingerprint density at radius 1 is 0.600 bits per heavy atom. The summed E-state index contributed by atoms with van der Waals surface area (Å²) >= 11 is 0. The Hall–Kier alpha value is -5.02. The van der Waals surface area contributed by atoms with Crippen LogP contribution in [0.1, 0.15) is 52.7 Å². The van der Waals surface area contributed by atoms with Crippen molar-refractivity contribution in [3.63, 3.8) is 0 Å². The number of benzene rings is 5. The first kappa shape index (κ1) is 32.2. The Balaban J connectivity index is 0.00000361. The van der Waals surface area contributed by atoms with Crippen molar-refractivity contribution in [3.8, 4) is 17.3 Å². The van der Waals surface area contributed by atoms with E-state index in [1.165, 1.54) is 16.5 Å². The Morgan fingerprint density at radius 2 is 1.26 bits per heavy atom. The van der Waals surface area contributed by atoms with Gasteiger partial charge < -0.3 is 13.7 Å². The second-order valence-electron chi connectivity index (χ2n) is 15.0. The fourth-order valence-electron chi connectivity index (χ4n) is 7.38. The molecule has 0 radical (unpaired) electrons. The first-order valence-corrected chi connectivity index (χ1v) is 16.8. The minimum atomic E-state index is -0.0337. The molecule has 0 bridgehead atoms. The van der Waals surface area contributed by atoms with Crippen LogP contribution in [0.2, 0.25) is 0 Å². The van der Waals surface area contributed by atoms with Crippen molar-refractivity contribution >= 4 is 60.2 Å². The molecule has 0 atom stereocenters. The predicted octanol–water partition coefficient (Wildman–Crippen LogP) is 11.3. The summed E-state index contributed by atoms with van der Waals surface area (Å²) in [7, 11) is 0. The number of ether oxygens (including phenoxy) is 1. The third-order valence-electron chi connectivity index (χ3n) is 9.64. The van der Waals surface area contributed by atoms with Gasteiger partial charge in [-0.15, -0.1) is 29.7 Å². The van der Waals surface area contributed by atoms with Crippen LogP contribution in [0, 0.1) is 12.1 Å². The van der Waals surface area contributed by atoms with E-state index in [2.05, 4.69) is 134 Å². The third kappa shape index (κ3) is 5.01. The predicted molar refractivity (Wildman–Crippen MR) is 201 cm³/mol. The van der Waals surface area contributed by atoms with Gasteiger partial charge in [-0.25, -0.2) is 4.98 Å². The van der Waals surface area contributed by atoms with E-state index >= 15 is 0 Å². The van der Waals surface area contributed by atoms with Crippen molar-refractivity contribution in [2.24, 2.45) is 0 Å². The van der Waals surface area contributed by atoms with Crippen molar-refractivity contribution in [2.45, 2.75) is 52.4 Å². The van der Waals surface area contributed by atoms with Crippen LogP contribution in [0.5, 0.6) is 11.5 Å². The van der Waals surface area contributed by atoms with Gasteiger partial charge in [-0.05, 0) is 69.1 Å². The normalized spacial score (nSPS) is 12.4. The van der Waals surface area contributed by atoms with Crippen molar-refractivity contribution in [3.05, 3.63) is 133 Å². The second-order valence-corrected chi connectivity index (χ2v) is 15.0. The van der Waals surface area contributed by atoms with Crippen LogP contribution >= 0.6 is 0 Å². The van der Waals surface area contributed by atoms with Gasteiger partial charge in [0.05, 0.1) is 16.7 Å². The molecular formula is C44H36N4OPd. The van der Waals surface area contributed by atoms with Gasteiger partial charge in [-0.1, -0.05) is 106 Å². The summed E-state index contributed by atoms with van der Waals surface area (Å²) in [4.78, 5) is 9.84. The fourth-order valence-corrected chi connectivity index (χ4v) is 7.38. The summed E-state index contributed by atoms with van der Waals surface area (Å²) in [6, 6.07) is 43.0. The van der Waals surface area contributed by atoms with Gasteiger partial charge in [0.25, 0.3) is 0 Å². The largest absolute Gasteiger partial charge is 2.00 e. The smallest absolute Gasteiger partial charge is 0.503 e. The first-order valence-electron chi connectivity index (χ1n) is 16.8. The van der Waals surface area contributed by atoms with Crippen LogP contribution in [-0.4, -0.2) is 18.9 Å².